The Balaban J connectivity index is 2.21. The Bertz CT molecular complexity index is 625. The van der Waals surface area contributed by atoms with Crippen molar-refractivity contribution in [3.05, 3.63) is 52.7 Å². The second-order valence-electron chi connectivity index (χ2n) is 4.48. The van der Waals surface area contributed by atoms with Crippen LogP contribution in [0.3, 0.4) is 0 Å². The average Bonchev–Trinajstić information content (AvgIpc) is 2.40. The lowest BCUT2D eigenvalue weighted by molar-refractivity contribution is 1.09. The third kappa shape index (κ3) is 3.81. The molecule has 0 radical (unpaired) electrons. The molecule has 0 spiro atoms. The van der Waals surface area contributed by atoms with Gasteiger partial charge in [-0.15, -0.1) is 6.58 Å². The van der Waals surface area contributed by atoms with Crippen molar-refractivity contribution in [2.24, 2.45) is 0 Å². The van der Waals surface area contributed by atoms with Gasteiger partial charge in [0.2, 0.25) is 5.95 Å². The molecule has 0 amide bonds. The van der Waals surface area contributed by atoms with Gasteiger partial charge in [-0.05, 0) is 37.6 Å². The molecule has 4 nitrogen and oxygen atoms in total. The molecule has 0 bridgehead atoms. The van der Waals surface area contributed by atoms with E-state index in [1.807, 2.05) is 38.1 Å². The van der Waals surface area contributed by atoms with E-state index < -0.39 is 0 Å². The quantitative estimate of drug-likeness (QED) is 0.805. The fourth-order valence-corrected chi connectivity index (χ4v) is 1.99. The molecule has 0 saturated carbocycles. The fraction of sp³-hybridized carbons (Fsp3) is 0.200. The normalized spacial score (nSPS) is 10.2. The maximum Gasteiger partial charge on any atom is 0.229 e. The molecule has 2 aromatic rings. The van der Waals surface area contributed by atoms with Crippen LogP contribution in [-0.4, -0.2) is 16.5 Å². The number of aromatic nitrogens is 2. The van der Waals surface area contributed by atoms with Crippen molar-refractivity contribution in [1.82, 2.24) is 9.97 Å². The zero-order valence-corrected chi connectivity index (χ0v) is 13.2. The number of hydrogen-bond donors (Lipinski definition) is 2. The molecule has 1 aromatic heterocycles. The van der Waals surface area contributed by atoms with Crippen molar-refractivity contribution in [2.45, 2.75) is 13.8 Å². The molecule has 1 aromatic carbocycles. The molecular weight excluding hydrogens is 316 g/mol. The summed E-state index contributed by atoms with van der Waals surface area (Å²) in [4.78, 5) is 8.82. The van der Waals surface area contributed by atoms with E-state index in [-0.39, 0.29) is 0 Å². The molecule has 20 heavy (non-hydrogen) atoms. The summed E-state index contributed by atoms with van der Waals surface area (Å²) >= 11 is 3.49. The van der Waals surface area contributed by atoms with Crippen molar-refractivity contribution >= 4 is 33.4 Å². The molecule has 0 aliphatic heterocycles. The van der Waals surface area contributed by atoms with Crippen molar-refractivity contribution < 1.29 is 0 Å². The van der Waals surface area contributed by atoms with Gasteiger partial charge >= 0.3 is 0 Å². The molecular formula is C15H17BrN4. The molecule has 0 aliphatic rings. The first-order chi connectivity index (χ1) is 9.58. The Morgan fingerprint density at radius 3 is 2.75 bits per heavy atom. The van der Waals surface area contributed by atoms with Crippen molar-refractivity contribution in [3.63, 3.8) is 0 Å². The molecule has 1 heterocycles. The third-order valence-corrected chi connectivity index (χ3v) is 3.59. The highest BCUT2D eigenvalue weighted by atomic mass is 79.9. The second kappa shape index (κ2) is 6.52. The van der Waals surface area contributed by atoms with Crippen LogP contribution in [-0.2, 0) is 0 Å². The summed E-state index contributed by atoms with van der Waals surface area (Å²) in [5.41, 5.74) is 3.03. The lowest BCUT2D eigenvalue weighted by atomic mass is 10.2. The largest absolute Gasteiger partial charge is 0.366 e. The van der Waals surface area contributed by atoms with Gasteiger partial charge in [0.25, 0.3) is 0 Å². The van der Waals surface area contributed by atoms with Crippen LogP contribution < -0.4 is 10.6 Å². The van der Waals surface area contributed by atoms with Gasteiger partial charge in [-0.3, -0.25) is 0 Å². The van der Waals surface area contributed by atoms with Gasteiger partial charge in [0.15, 0.2) is 0 Å². The van der Waals surface area contributed by atoms with Crippen molar-refractivity contribution in [1.29, 1.82) is 0 Å². The Morgan fingerprint density at radius 1 is 1.25 bits per heavy atom. The first-order valence-electron chi connectivity index (χ1n) is 6.32. The molecule has 0 atom stereocenters. The van der Waals surface area contributed by atoms with Gasteiger partial charge in [0, 0.05) is 28.5 Å². The Kier molecular flexibility index (Phi) is 4.74. The van der Waals surface area contributed by atoms with Crippen LogP contribution in [0.25, 0.3) is 0 Å². The van der Waals surface area contributed by atoms with Crippen LogP contribution in [0, 0.1) is 13.8 Å². The van der Waals surface area contributed by atoms with E-state index in [1.165, 1.54) is 0 Å². The van der Waals surface area contributed by atoms with Crippen LogP contribution >= 0.6 is 15.9 Å². The smallest absolute Gasteiger partial charge is 0.229 e. The van der Waals surface area contributed by atoms with E-state index in [0.717, 1.165) is 27.2 Å². The van der Waals surface area contributed by atoms with Gasteiger partial charge in [-0.25, -0.2) is 4.98 Å². The molecule has 0 saturated heterocycles. The highest BCUT2D eigenvalue weighted by molar-refractivity contribution is 9.10. The highest BCUT2D eigenvalue weighted by Gasteiger charge is 2.03. The minimum absolute atomic E-state index is 0.582. The maximum atomic E-state index is 4.43. The standard InChI is InChI=1S/C15H17BrN4/c1-4-7-17-14-9-11(3)18-15(20-14)19-12-5-6-13(16)10(2)8-12/h4-6,8-9H,1,7H2,2-3H3,(H2,17,18,19,20). The zero-order chi connectivity index (χ0) is 14.5. The number of hydrogen-bond acceptors (Lipinski definition) is 4. The summed E-state index contributed by atoms with van der Waals surface area (Å²) in [5, 5.41) is 6.39. The van der Waals surface area contributed by atoms with Crippen molar-refractivity contribution in [3.8, 4) is 0 Å². The Labute approximate surface area is 127 Å². The van der Waals surface area contributed by atoms with Crippen LogP contribution in [0.5, 0.6) is 0 Å². The van der Waals surface area contributed by atoms with Crippen LogP contribution in [0.4, 0.5) is 17.5 Å². The molecule has 2 rings (SSSR count). The van der Waals surface area contributed by atoms with E-state index in [1.54, 1.807) is 6.08 Å². The minimum Gasteiger partial charge on any atom is -0.366 e. The number of rotatable bonds is 5. The molecule has 0 fully saturated rings. The number of nitrogens with zero attached hydrogens (tertiary/aromatic N) is 2. The number of nitrogens with one attached hydrogen (secondary N) is 2. The summed E-state index contributed by atoms with van der Waals surface area (Å²) in [6, 6.07) is 7.94. The van der Waals surface area contributed by atoms with Gasteiger partial charge in [0.05, 0.1) is 0 Å². The van der Waals surface area contributed by atoms with Crippen LogP contribution in [0.15, 0.2) is 41.4 Å². The lowest BCUT2D eigenvalue weighted by Gasteiger charge is -2.10. The molecule has 104 valence electrons. The highest BCUT2D eigenvalue weighted by Crippen LogP contribution is 2.22. The lowest BCUT2D eigenvalue weighted by Crippen LogP contribution is -2.05. The first-order valence-corrected chi connectivity index (χ1v) is 7.11. The second-order valence-corrected chi connectivity index (χ2v) is 5.33. The summed E-state index contributed by atoms with van der Waals surface area (Å²) < 4.78 is 1.08. The summed E-state index contributed by atoms with van der Waals surface area (Å²) in [7, 11) is 0. The molecule has 2 N–H and O–H groups in total. The van der Waals surface area contributed by atoms with Gasteiger partial charge in [-0.2, -0.15) is 4.98 Å². The monoisotopic (exact) mass is 332 g/mol. The Hall–Kier alpha value is -1.88. The number of benzene rings is 1. The molecule has 0 unspecified atom stereocenters. The third-order valence-electron chi connectivity index (χ3n) is 2.70. The number of aryl methyl sites for hydroxylation is 2. The van der Waals surface area contributed by atoms with Gasteiger partial charge in [0.1, 0.15) is 5.82 Å². The minimum atomic E-state index is 0.582. The topological polar surface area (TPSA) is 49.8 Å². The van der Waals surface area contributed by atoms with E-state index in [9.17, 15) is 0 Å². The summed E-state index contributed by atoms with van der Waals surface area (Å²) in [6.45, 7) is 8.34. The van der Waals surface area contributed by atoms with E-state index in [4.69, 9.17) is 0 Å². The maximum absolute atomic E-state index is 4.43. The number of halogens is 1. The van der Waals surface area contributed by atoms with E-state index in [2.05, 4.69) is 43.1 Å². The van der Waals surface area contributed by atoms with Gasteiger partial charge < -0.3 is 10.6 Å². The Morgan fingerprint density at radius 2 is 2.05 bits per heavy atom. The molecule has 0 aliphatic carbocycles. The number of anilines is 3. The van der Waals surface area contributed by atoms with E-state index in [0.29, 0.717) is 12.5 Å². The predicted octanol–water partition coefficient (Wildman–Crippen LogP) is 4.20. The van der Waals surface area contributed by atoms with Crippen LogP contribution in [0.2, 0.25) is 0 Å². The molecule has 5 heteroatoms. The predicted molar refractivity (Wildman–Crippen MR) is 87.6 cm³/mol. The average molecular weight is 333 g/mol. The summed E-state index contributed by atoms with van der Waals surface area (Å²) in [5.74, 6) is 1.37. The van der Waals surface area contributed by atoms with Crippen LogP contribution in [0.1, 0.15) is 11.3 Å². The zero-order valence-electron chi connectivity index (χ0n) is 11.6. The fourth-order valence-electron chi connectivity index (χ4n) is 1.74. The van der Waals surface area contributed by atoms with Crippen molar-refractivity contribution in [2.75, 3.05) is 17.2 Å². The SMILES string of the molecule is C=CCNc1cc(C)nc(Nc2ccc(Br)c(C)c2)n1. The first kappa shape index (κ1) is 14.5. The van der Waals surface area contributed by atoms with Gasteiger partial charge in [-0.1, -0.05) is 22.0 Å². The summed E-state index contributed by atoms with van der Waals surface area (Å²) in [6.07, 6.45) is 1.79. The van der Waals surface area contributed by atoms with E-state index >= 15 is 0 Å².